The van der Waals surface area contributed by atoms with Gasteiger partial charge in [0.15, 0.2) is 6.61 Å². The number of hydrogen-bond acceptors (Lipinski definition) is 4. The summed E-state index contributed by atoms with van der Waals surface area (Å²) >= 11 is 0. The van der Waals surface area contributed by atoms with E-state index in [0.29, 0.717) is 24.5 Å². The number of likely N-dealkylation sites (N-methyl/N-ethyl adjacent to an activating group) is 1. The summed E-state index contributed by atoms with van der Waals surface area (Å²) in [6, 6.07) is 6.58. The molecule has 5 nitrogen and oxygen atoms in total. The van der Waals surface area contributed by atoms with Crippen LogP contribution < -0.4 is 10.1 Å². The fraction of sp³-hybridized carbons (Fsp3) is 0.385. The molecule has 0 aliphatic heterocycles. The van der Waals surface area contributed by atoms with Crippen LogP contribution in [0.2, 0.25) is 0 Å². The van der Waals surface area contributed by atoms with E-state index in [1.54, 1.807) is 31.2 Å². The van der Waals surface area contributed by atoms with Gasteiger partial charge in [0.05, 0.1) is 12.2 Å². The second kappa shape index (κ2) is 7.32. The van der Waals surface area contributed by atoms with Crippen molar-refractivity contribution in [2.45, 2.75) is 13.8 Å². The van der Waals surface area contributed by atoms with Crippen LogP contribution in [0, 0.1) is 0 Å². The Morgan fingerprint density at radius 3 is 2.39 bits per heavy atom. The quantitative estimate of drug-likeness (QED) is 0.776. The van der Waals surface area contributed by atoms with E-state index < -0.39 is 5.97 Å². The van der Waals surface area contributed by atoms with Crippen molar-refractivity contribution in [2.75, 3.05) is 19.8 Å². The molecule has 0 radical (unpaired) electrons. The fourth-order valence-corrected chi connectivity index (χ4v) is 1.32. The minimum Gasteiger partial charge on any atom is -0.494 e. The Balaban J connectivity index is 2.48. The summed E-state index contributed by atoms with van der Waals surface area (Å²) in [7, 11) is 0. The molecule has 0 saturated heterocycles. The first-order chi connectivity index (χ1) is 8.67. The minimum absolute atomic E-state index is 0.264. The molecule has 0 atom stereocenters. The molecule has 1 aromatic rings. The Morgan fingerprint density at radius 1 is 1.17 bits per heavy atom. The third-order valence-corrected chi connectivity index (χ3v) is 2.11. The van der Waals surface area contributed by atoms with E-state index in [-0.39, 0.29) is 12.5 Å². The standard InChI is InChI=1S/C13H17NO4/c1-3-14-12(15)9-18-13(16)10-5-7-11(8-6-10)17-4-2/h5-8H,3-4,9H2,1-2H3,(H,14,15). The molecule has 0 spiro atoms. The van der Waals surface area contributed by atoms with Gasteiger partial charge < -0.3 is 14.8 Å². The van der Waals surface area contributed by atoms with Gasteiger partial charge in [-0.1, -0.05) is 0 Å². The Hall–Kier alpha value is -2.04. The Kier molecular flexibility index (Phi) is 5.70. The molecule has 1 N–H and O–H groups in total. The second-order valence-corrected chi connectivity index (χ2v) is 3.49. The first-order valence-corrected chi connectivity index (χ1v) is 5.84. The fourth-order valence-electron chi connectivity index (χ4n) is 1.32. The van der Waals surface area contributed by atoms with Crippen molar-refractivity contribution in [3.05, 3.63) is 29.8 Å². The molecule has 1 rings (SSSR count). The average molecular weight is 251 g/mol. The summed E-state index contributed by atoms with van der Waals surface area (Å²) in [6.07, 6.45) is 0. The van der Waals surface area contributed by atoms with Gasteiger partial charge in [-0.2, -0.15) is 0 Å². The Morgan fingerprint density at radius 2 is 1.83 bits per heavy atom. The van der Waals surface area contributed by atoms with Crippen molar-refractivity contribution >= 4 is 11.9 Å². The molecular weight excluding hydrogens is 234 g/mol. The predicted octanol–water partition coefficient (Wildman–Crippen LogP) is 1.38. The highest BCUT2D eigenvalue weighted by molar-refractivity contribution is 5.91. The highest BCUT2D eigenvalue weighted by Gasteiger charge is 2.09. The summed E-state index contributed by atoms with van der Waals surface area (Å²) in [5.74, 6) is -0.140. The summed E-state index contributed by atoms with van der Waals surface area (Å²) in [5, 5.41) is 2.54. The lowest BCUT2D eigenvalue weighted by atomic mass is 10.2. The van der Waals surface area contributed by atoms with Crippen LogP contribution in [-0.4, -0.2) is 31.6 Å². The SMILES string of the molecule is CCNC(=O)COC(=O)c1ccc(OCC)cc1. The van der Waals surface area contributed by atoms with Crippen molar-refractivity contribution < 1.29 is 19.1 Å². The maximum atomic E-state index is 11.6. The molecular formula is C13H17NO4. The zero-order chi connectivity index (χ0) is 13.4. The van der Waals surface area contributed by atoms with Gasteiger partial charge in [0.1, 0.15) is 5.75 Å². The molecule has 0 aliphatic carbocycles. The lowest BCUT2D eigenvalue weighted by Crippen LogP contribution is -2.28. The number of carbonyl (C=O) groups is 2. The molecule has 18 heavy (non-hydrogen) atoms. The molecule has 0 aliphatic rings. The number of ether oxygens (including phenoxy) is 2. The van der Waals surface area contributed by atoms with E-state index in [1.165, 1.54) is 0 Å². The van der Waals surface area contributed by atoms with Crippen LogP contribution >= 0.6 is 0 Å². The zero-order valence-corrected chi connectivity index (χ0v) is 10.6. The number of nitrogens with one attached hydrogen (secondary N) is 1. The third kappa shape index (κ3) is 4.45. The maximum absolute atomic E-state index is 11.6. The van der Waals surface area contributed by atoms with Crippen molar-refractivity contribution in [3.8, 4) is 5.75 Å². The lowest BCUT2D eigenvalue weighted by Gasteiger charge is -2.06. The highest BCUT2D eigenvalue weighted by Crippen LogP contribution is 2.12. The largest absolute Gasteiger partial charge is 0.494 e. The van der Waals surface area contributed by atoms with Gasteiger partial charge in [0, 0.05) is 6.54 Å². The van der Waals surface area contributed by atoms with E-state index in [9.17, 15) is 9.59 Å². The van der Waals surface area contributed by atoms with Crippen LogP contribution in [-0.2, 0) is 9.53 Å². The van der Waals surface area contributed by atoms with Gasteiger partial charge >= 0.3 is 5.97 Å². The van der Waals surface area contributed by atoms with Gasteiger partial charge in [-0.3, -0.25) is 4.79 Å². The second-order valence-electron chi connectivity index (χ2n) is 3.49. The summed E-state index contributed by atoms with van der Waals surface area (Å²) in [4.78, 5) is 22.7. The lowest BCUT2D eigenvalue weighted by molar-refractivity contribution is -0.124. The van der Waals surface area contributed by atoms with E-state index in [0.717, 1.165) is 0 Å². The molecule has 1 aromatic carbocycles. The van der Waals surface area contributed by atoms with Crippen LogP contribution in [0.25, 0.3) is 0 Å². The number of hydrogen-bond donors (Lipinski definition) is 1. The predicted molar refractivity (Wildman–Crippen MR) is 66.6 cm³/mol. The van der Waals surface area contributed by atoms with Crippen LogP contribution in [0.15, 0.2) is 24.3 Å². The number of amides is 1. The molecule has 0 bridgehead atoms. The van der Waals surface area contributed by atoms with Crippen LogP contribution in [0.4, 0.5) is 0 Å². The summed E-state index contributed by atoms with van der Waals surface area (Å²) < 4.78 is 10.1. The summed E-state index contributed by atoms with van der Waals surface area (Å²) in [6.45, 7) is 4.50. The Bertz CT molecular complexity index is 400. The van der Waals surface area contributed by atoms with E-state index in [2.05, 4.69) is 5.32 Å². The summed E-state index contributed by atoms with van der Waals surface area (Å²) in [5.41, 5.74) is 0.391. The monoisotopic (exact) mass is 251 g/mol. The topological polar surface area (TPSA) is 64.6 Å². The number of esters is 1. The Labute approximate surface area is 106 Å². The molecule has 0 fully saturated rings. The number of benzene rings is 1. The third-order valence-electron chi connectivity index (χ3n) is 2.11. The first-order valence-electron chi connectivity index (χ1n) is 5.84. The molecule has 5 heteroatoms. The van der Waals surface area contributed by atoms with Gasteiger partial charge in [-0.15, -0.1) is 0 Å². The van der Waals surface area contributed by atoms with Crippen LogP contribution in [0.1, 0.15) is 24.2 Å². The first kappa shape index (κ1) is 14.0. The van der Waals surface area contributed by atoms with Gasteiger partial charge in [-0.25, -0.2) is 4.79 Å². The maximum Gasteiger partial charge on any atom is 0.338 e. The number of carbonyl (C=O) groups excluding carboxylic acids is 2. The minimum atomic E-state index is -0.524. The molecule has 98 valence electrons. The van der Waals surface area contributed by atoms with Gasteiger partial charge in [-0.05, 0) is 38.1 Å². The molecule has 0 aromatic heterocycles. The van der Waals surface area contributed by atoms with E-state index >= 15 is 0 Å². The van der Waals surface area contributed by atoms with Gasteiger partial charge in [0.2, 0.25) is 0 Å². The van der Waals surface area contributed by atoms with Crippen LogP contribution in [0.5, 0.6) is 5.75 Å². The number of rotatable bonds is 6. The normalized spacial score (nSPS) is 9.67. The zero-order valence-electron chi connectivity index (χ0n) is 10.6. The van der Waals surface area contributed by atoms with Crippen molar-refractivity contribution in [3.63, 3.8) is 0 Å². The smallest absolute Gasteiger partial charge is 0.338 e. The van der Waals surface area contributed by atoms with Crippen molar-refractivity contribution in [1.82, 2.24) is 5.32 Å². The molecule has 0 heterocycles. The van der Waals surface area contributed by atoms with E-state index in [4.69, 9.17) is 9.47 Å². The average Bonchev–Trinajstić information content (AvgIpc) is 2.37. The van der Waals surface area contributed by atoms with Gasteiger partial charge in [0.25, 0.3) is 5.91 Å². The molecule has 0 saturated carbocycles. The highest BCUT2D eigenvalue weighted by atomic mass is 16.5. The van der Waals surface area contributed by atoms with Crippen molar-refractivity contribution in [1.29, 1.82) is 0 Å². The van der Waals surface area contributed by atoms with E-state index in [1.807, 2.05) is 6.92 Å². The molecule has 0 unspecified atom stereocenters. The van der Waals surface area contributed by atoms with Crippen molar-refractivity contribution in [2.24, 2.45) is 0 Å². The molecule has 1 amide bonds. The van der Waals surface area contributed by atoms with Crippen LogP contribution in [0.3, 0.4) is 0 Å².